The van der Waals surface area contributed by atoms with E-state index in [1.54, 1.807) is 7.11 Å². The van der Waals surface area contributed by atoms with Crippen LogP contribution in [0.2, 0.25) is 0 Å². The fraction of sp³-hybridized carbons (Fsp3) is 0.294. The van der Waals surface area contributed by atoms with Gasteiger partial charge >= 0.3 is 0 Å². The number of hydrogen-bond donors (Lipinski definition) is 2. The number of benzene rings is 2. The largest absolute Gasteiger partial charge is 0.495 e. The van der Waals surface area contributed by atoms with Crippen LogP contribution in [0, 0.1) is 6.92 Å². The van der Waals surface area contributed by atoms with E-state index in [-0.39, 0.29) is 5.88 Å². The molecule has 112 valence electrons. The molecule has 0 bridgehead atoms. The maximum Gasteiger partial charge on any atom is 0.142 e. The fourth-order valence-corrected chi connectivity index (χ4v) is 2.32. The lowest BCUT2D eigenvalue weighted by atomic mass is 9.99. The zero-order valence-electron chi connectivity index (χ0n) is 12.3. The van der Waals surface area contributed by atoms with Crippen molar-refractivity contribution in [3.05, 3.63) is 48.0 Å². The van der Waals surface area contributed by atoms with Crippen molar-refractivity contribution in [2.24, 2.45) is 0 Å². The summed E-state index contributed by atoms with van der Waals surface area (Å²) in [5.74, 6) is 0.956. The third kappa shape index (κ3) is 3.90. The van der Waals surface area contributed by atoms with Crippen molar-refractivity contribution >= 4 is 17.3 Å². The first-order chi connectivity index (χ1) is 10.2. The molecule has 0 aromatic heterocycles. The molecule has 2 rings (SSSR count). The normalized spacial score (nSPS) is 12.0. The second-order valence-electron chi connectivity index (χ2n) is 4.92. The summed E-state index contributed by atoms with van der Waals surface area (Å²) >= 11 is 5.61. The predicted molar refractivity (Wildman–Crippen MR) is 88.4 cm³/mol. The maximum absolute atomic E-state index is 9.55. The summed E-state index contributed by atoms with van der Waals surface area (Å²) in [5, 5.41) is 12.7. The van der Waals surface area contributed by atoms with E-state index < -0.39 is 6.10 Å². The van der Waals surface area contributed by atoms with Crippen molar-refractivity contribution in [3.63, 3.8) is 0 Å². The molecule has 0 heterocycles. The van der Waals surface area contributed by atoms with Gasteiger partial charge in [0.15, 0.2) is 0 Å². The average molecular weight is 306 g/mol. The number of methoxy groups -OCH3 is 1. The van der Waals surface area contributed by atoms with Gasteiger partial charge in [-0.05, 0) is 35.7 Å². The zero-order chi connectivity index (χ0) is 15.2. The van der Waals surface area contributed by atoms with Crippen LogP contribution in [0.25, 0.3) is 11.1 Å². The SMILES string of the molecule is COc1cc(-c2ccccc2)c(C)cc1NCC(O)CCl. The van der Waals surface area contributed by atoms with Crippen LogP contribution in [0.15, 0.2) is 42.5 Å². The number of aryl methyl sites for hydroxylation is 1. The number of alkyl halides is 1. The minimum absolute atomic E-state index is 0.205. The monoisotopic (exact) mass is 305 g/mol. The van der Waals surface area contributed by atoms with Gasteiger partial charge in [-0.1, -0.05) is 30.3 Å². The number of hydrogen-bond acceptors (Lipinski definition) is 3. The summed E-state index contributed by atoms with van der Waals surface area (Å²) in [5.41, 5.74) is 4.29. The van der Waals surface area contributed by atoms with Gasteiger partial charge in [-0.15, -0.1) is 11.6 Å². The molecule has 1 atom stereocenters. The Kier molecular flexibility index (Phi) is 5.48. The fourth-order valence-electron chi connectivity index (χ4n) is 2.21. The number of rotatable bonds is 6. The first-order valence-corrected chi connectivity index (χ1v) is 7.41. The van der Waals surface area contributed by atoms with Crippen LogP contribution in [0.5, 0.6) is 5.75 Å². The van der Waals surface area contributed by atoms with Gasteiger partial charge in [-0.25, -0.2) is 0 Å². The first-order valence-electron chi connectivity index (χ1n) is 6.87. The van der Waals surface area contributed by atoms with Gasteiger partial charge in [-0.2, -0.15) is 0 Å². The molecule has 0 aliphatic carbocycles. The Labute approximate surface area is 130 Å². The van der Waals surface area contributed by atoms with Gasteiger partial charge in [0.2, 0.25) is 0 Å². The van der Waals surface area contributed by atoms with Crippen LogP contribution in [0.3, 0.4) is 0 Å². The van der Waals surface area contributed by atoms with Gasteiger partial charge in [0.05, 0.1) is 24.8 Å². The maximum atomic E-state index is 9.55. The van der Waals surface area contributed by atoms with E-state index in [0.29, 0.717) is 6.54 Å². The Morgan fingerprint density at radius 3 is 2.57 bits per heavy atom. The summed E-state index contributed by atoms with van der Waals surface area (Å²) in [6.07, 6.45) is -0.578. The molecule has 2 aromatic carbocycles. The molecule has 0 saturated heterocycles. The first kappa shape index (κ1) is 15.7. The Bertz CT molecular complexity index is 587. The number of aliphatic hydroxyl groups excluding tert-OH is 1. The van der Waals surface area contributed by atoms with Crippen LogP contribution in [-0.4, -0.2) is 30.7 Å². The third-order valence-electron chi connectivity index (χ3n) is 3.34. The molecule has 0 fully saturated rings. The van der Waals surface area contributed by atoms with Crippen LogP contribution in [0.1, 0.15) is 5.56 Å². The van der Waals surface area contributed by atoms with Crippen LogP contribution in [0.4, 0.5) is 5.69 Å². The minimum Gasteiger partial charge on any atom is -0.495 e. The summed E-state index contributed by atoms with van der Waals surface area (Å²) in [6.45, 7) is 2.45. The second-order valence-corrected chi connectivity index (χ2v) is 5.23. The lowest BCUT2D eigenvalue weighted by Gasteiger charge is -2.16. The molecule has 0 aliphatic rings. The van der Waals surface area contributed by atoms with Gasteiger partial charge in [0.25, 0.3) is 0 Å². The lowest BCUT2D eigenvalue weighted by molar-refractivity contribution is 0.211. The van der Waals surface area contributed by atoms with Crippen molar-refractivity contribution in [1.29, 1.82) is 0 Å². The van der Waals surface area contributed by atoms with E-state index >= 15 is 0 Å². The Morgan fingerprint density at radius 1 is 1.24 bits per heavy atom. The number of aliphatic hydroxyl groups is 1. The van der Waals surface area contributed by atoms with Gasteiger partial charge in [0.1, 0.15) is 5.75 Å². The predicted octanol–water partition coefficient (Wildman–Crippen LogP) is 3.68. The van der Waals surface area contributed by atoms with Crippen molar-refractivity contribution < 1.29 is 9.84 Å². The standard InChI is InChI=1S/C17H20ClNO2/c1-12-8-16(19-11-14(20)10-18)17(21-2)9-15(12)13-6-4-3-5-7-13/h3-9,14,19-20H,10-11H2,1-2H3. The third-order valence-corrected chi connectivity index (χ3v) is 3.69. The summed E-state index contributed by atoms with van der Waals surface area (Å²) in [7, 11) is 1.64. The average Bonchev–Trinajstić information content (AvgIpc) is 2.53. The van der Waals surface area contributed by atoms with Gasteiger partial charge in [0, 0.05) is 6.54 Å². The molecule has 21 heavy (non-hydrogen) atoms. The van der Waals surface area contributed by atoms with Gasteiger partial charge < -0.3 is 15.2 Å². The van der Waals surface area contributed by atoms with Crippen molar-refractivity contribution in [3.8, 4) is 16.9 Å². The molecular weight excluding hydrogens is 286 g/mol. The van der Waals surface area contributed by atoms with E-state index in [2.05, 4.69) is 24.4 Å². The van der Waals surface area contributed by atoms with Crippen LogP contribution in [-0.2, 0) is 0 Å². The molecule has 0 radical (unpaired) electrons. The molecule has 2 N–H and O–H groups in total. The van der Waals surface area contributed by atoms with E-state index in [9.17, 15) is 5.11 Å². The number of halogens is 1. The highest BCUT2D eigenvalue weighted by molar-refractivity contribution is 6.18. The highest BCUT2D eigenvalue weighted by atomic mass is 35.5. The summed E-state index contributed by atoms with van der Waals surface area (Å²) < 4.78 is 5.45. The molecule has 0 saturated carbocycles. The summed E-state index contributed by atoms with van der Waals surface area (Å²) in [6, 6.07) is 14.2. The Balaban J connectivity index is 2.31. The molecule has 1 unspecified atom stereocenters. The van der Waals surface area contributed by atoms with Gasteiger partial charge in [-0.3, -0.25) is 0 Å². The van der Waals surface area contributed by atoms with E-state index in [4.69, 9.17) is 16.3 Å². The highest BCUT2D eigenvalue weighted by Gasteiger charge is 2.10. The number of ether oxygens (including phenoxy) is 1. The Morgan fingerprint density at radius 2 is 1.95 bits per heavy atom. The topological polar surface area (TPSA) is 41.5 Å². The number of anilines is 1. The van der Waals surface area contributed by atoms with E-state index in [0.717, 1.165) is 28.1 Å². The lowest BCUT2D eigenvalue weighted by Crippen LogP contribution is -2.21. The second kappa shape index (κ2) is 7.34. The van der Waals surface area contributed by atoms with Crippen molar-refractivity contribution in [2.75, 3.05) is 24.9 Å². The van der Waals surface area contributed by atoms with Crippen molar-refractivity contribution in [1.82, 2.24) is 0 Å². The number of nitrogens with one attached hydrogen (secondary N) is 1. The van der Waals surface area contributed by atoms with Crippen LogP contribution < -0.4 is 10.1 Å². The zero-order valence-corrected chi connectivity index (χ0v) is 13.0. The molecule has 0 spiro atoms. The minimum atomic E-state index is -0.578. The smallest absolute Gasteiger partial charge is 0.142 e. The molecule has 4 heteroatoms. The molecule has 3 nitrogen and oxygen atoms in total. The van der Waals surface area contributed by atoms with E-state index in [1.165, 1.54) is 0 Å². The molecular formula is C17H20ClNO2. The highest BCUT2D eigenvalue weighted by Crippen LogP contribution is 2.33. The molecule has 0 amide bonds. The summed E-state index contributed by atoms with van der Waals surface area (Å²) in [4.78, 5) is 0. The molecule has 2 aromatic rings. The van der Waals surface area contributed by atoms with Crippen LogP contribution >= 0.6 is 11.6 Å². The molecule has 0 aliphatic heterocycles. The Hall–Kier alpha value is -1.71. The quantitative estimate of drug-likeness (QED) is 0.800. The van der Waals surface area contributed by atoms with Crippen molar-refractivity contribution in [2.45, 2.75) is 13.0 Å². The van der Waals surface area contributed by atoms with E-state index in [1.807, 2.05) is 30.3 Å².